The molecular formula is C12H14ClN5O3. The number of fused-ring (bicyclic) bond motifs is 1. The first-order chi connectivity index (χ1) is 10.1. The number of hydrogen-bond donors (Lipinski definition) is 2. The predicted octanol–water partition coefficient (Wildman–Crippen LogP) is 0.675. The van der Waals surface area contributed by atoms with Gasteiger partial charge in [-0.1, -0.05) is 11.6 Å². The van der Waals surface area contributed by atoms with Gasteiger partial charge < -0.3 is 20.0 Å². The average molecular weight is 312 g/mol. The molecule has 0 saturated carbocycles. The third-order valence-corrected chi connectivity index (χ3v) is 3.64. The number of aromatic nitrogens is 3. The molecule has 9 heteroatoms. The molecular weight excluding hydrogens is 298 g/mol. The van der Waals surface area contributed by atoms with E-state index in [-0.39, 0.29) is 6.61 Å². The molecule has 3 heterocycles. The second kappa shape index (κ2) is 5.38. The van der Waals surface area contributed by atoms with Crippen LogP contribution in [0.25, 0.3) is 5.65 Å². The summed E-state index contributed by atoms with van der Waals surface area (Å²) >= 11 is 6.02. The molecule has 2 N–H and O–H groups in total. The van der Waals surface area contributed by atoms with E-state index < -0.39 is 6.09 Å². The van der Waals surface area contributed by atoms with Crippen LogP contribution in [0.15, 0.2) is 12.3 Å². The summed E-state index contributed by atoms with van der Waals surface area (Å²) < 4.78 is 1.76. The minimum absolute atomic E-state index is 0.161. The average Bonchev–Trinajstić information content (AvgIpc) is 2.89. The SMILES string of the molecule is O=C(O)N1CCN(c2nc(Cl)cc3nc(CO)cn23)CC1. The molecule has 1 amide bonds. The predicted molar refractivity (Wildman–Crippen MR) is 75.7 cm³/mol. The van der Waals surface area contributed by atoms with Crippen molar-refractivity contribution in [3.05, 3.63) is 23.1 Å². The van der Waals surface area contributed by atoms with E-state index in [1.165, 1.54) is 4.90 Å². The number of anilines is 1. The molecule has 1 aliphatic heterocycles. The quantitative estimate of drug-likeness (QED) is 0.792. The number of aliphatic hydroxyl groups is 1. The first kappa shape index (κ1) is 13.9. The summed E-state index contributed by atoms with van der Waals surface area (Å²) in [7, 11) is 0. The van der Waals surface area contributed by atoms with Crippen molar-refractivity contribution >= 4 is 29.3 Å². The van der Waals surface area contributed by atoms with Crippen LogP contribution in [0, 0.1) is 0 Å². The van der Waals surface area contributed by atoms with Gasteiger partial charge in [0.05, 0.1) is 12.3 Å². The third kappa shape index (κ3) is 2.59. The molecule has 0 unspecified atom stereocenters. The zero-order valence-corrected chi connectivity index (χ0v) is 11.9. The number of piperazine rings is 1. The Balaban J connectivity index is 1.93. The molecule has 1 fully saturated rings. The molecule has 112 valence electrons. The van der Waals surface area contributed by atoms with Crippen LogP contribution in [0.5, 0.6) is 0 Å². The van der Waals surface area contributed by atoms with Gasteiger partial charge in [-0.25, -0.2) is 14.8 Å². The van der Waals surface area contributed by atoms with Gasteiger partial charge in [-0.05, 0) is 0 Å². The van der Waals surface area contributed by atoms with Crippen LogP contribution in [0.3, 0.4) is 0 Å². The second-order valence-electron chi connectivity index (χ2n) is 4.75. The largest absolute Gasteiger partial charge is 0.465 e. The van der Waals surface area contributed by atoms with Crippen LogP contribution in [-0.4, -0.2) is 61.8 Å². The van der Waals surface area contributed by atoms with Gasteiger partial charge in [-0.3, -0.25) is 4.40 Å². The molecule has 0 radical (unpaired) electrons. The maximum absolute atomic E-state index is 10.9. The summed E-state index contributed by atoms with van der Waals surface area (Å²) in [4.78, 5) is 22.8. The lowest BCUT2D eigenvalue weighted by atomic mass is 10.3. The molecule has 0 spiro atoms. The zero-order valence-electron chi connectivity index (χ0n) is 11.1. The summed E-state index contributed by atoms with van der Waals surface area (Å²) in [6.07, 6.45) is 0.793. The van der Waals surface area contributed by atoms with E-state index in [9.17, 15) is 9.90 Å². The number of carboxylic acid groups (broad SMARTS) is 1. The lowest BCUT2D eigenvalue weighted by Crippen LogP contribution is -2.49. The molecule has 1 saturated heterocycles. The van der Waals surface area contributed by atoms with Crippen molar-refractivity contribution in [2.24, 2.45) is 0 Å². The fourth-order valence-corrected chi connectivity index (χ4v) is 2.57. The second-order valence-corrected chi connectivity index (χ2v) is 5.14. The Morgan fingerprint density at radius 1 is 1.29 bits per heavy atom. The summed E-state index contributed by atoms with van der Waals surface area (Å²) in [5.74, 6) is 0.606. The summed E-state index contributed by atoms with van der Waals surface area (Å²) in [5.41, 5.74) is 1.14. The maximum Gasteiger partial charge on any atom is 0.407 e. The normalized spacial score (nSPS) is 15.7. The Hall–Kier alpha value is -2.06. The number of carbonyl (C=O) groups is 1. The van der Waals surface area contributed by atoms with Crippen molar-refractivity contribution in [1.29, 1.82) is 0 Å². The van der Waals surface area contributed by atoms with Gasteiger partial charge in [0.25, 0.3) is 0 Å². The van der Waals surface area contributed by atoms with E-state index in [1.807, 2.05) is 4.90 Å². The lowest BCUT2D eigenvalue weighted by molar-refractivity contribution is 0.142. The van der Waals surface area contributed by atoms with Crippen molar-refractivity contribution in [1.82, 2.24) is 19.3 Å². The van der Waals surface area contributed by atoms with Crippen molar-refractivity contribution in [2.75, 3.05) is 31.1 Å². The van der Waals surface area contributed by atoms with Crippen LogP contribution in [0.4, 0.5) is 10.7 Å². The van der Waals surface area contributed by atoms with Gasteiger partial charge in [0.15, 0.2) is 0 Å². The number of rotatable bonds is 2. The van der Waals surface area contributed by atoms with Crippen molar-refractivity contribution in [3.63, 3.8) is 0 Å². The molecule has 1 aliphatic rings. The van der Waals surface area contributed by atoms with Crippen LogP contribution in [-0.2, 0) is 6.61 Å². The standard InChI is InChI=1S/C12H14ClN5O3/c13-9-5-10-14-8(7-19)6-18(10)11(15-9)16-1-3-17(4-2-16)12(20)21/h5-6,19H,1-4,7H2,(H,20,21). The van der Waals surface area contributed by atoms with Crippen LogP contribution < -0.4 is 4.90 Å². The highest BCUT2D eigenvalue weighted by atomic mass is 35.5. The van der Waals surface area contributed by atoms with Gasteiger partial charge in [0.2, 0.25) is 5.95 Å². The molecule has 0 aliphatic carbocycles. The molecule has 21 heavy (non-hydrogen) atoms. The number of hydrogen-bond acceptors (Lipinski definition) is 5. The molecule has 3 rings (SSSR count). The Labute approximate surface area is 125 Å². The molecule has 0 atom stereocenters. The zero-order chi connectivity index (χ0) is 15.0. The van der Waals surface area contributed by atoms with Crippen molar-refractivity contribution in [2.45, 2.75) is 6.61 Å². The van der Waals surface area contributed by atoms with Crippen LogP contribution >= 0.6 is 11.6 Å². The Kier molecular flexibility index (Phi) is 3.56. The van der Waals surface area contributed by atoms with Crippen molar-refractivity contribution in [3.8, 4) is 0 Å². The fraction of sp³-hybridized carbons (Fsp3) is 0.417. The Morgan fingerprint density at radius 2 is 2.00 bits per heavy atom. The monoisotopic (exact) mass is 311 g/mol. The fourth-order valence-electron chi connectivity index (χ4n) is 2.39. The van der Waals surface area contributed by atoms with E-state index in [4.69, 9.17) is 16.7 Å². The van der Waals surface area contributed by atoms with Crippen molar-refractivity contribution < 1.29 is 15.0 Å². The number of aliphatic hydroxyl groups excluding tert-OH is 1. The molecule has 2 aromatic rings. The lowest BCUT2D eigenvalue weighted by Gasteiger charge is -2.33. The summed E-state index contributed by atoms with van der Waals surface area (Å²) in [6, 6.07) is 1.62. The van der Waals surface area contributed by atoms with Gasteiger partial charge >= 0.3 is 6.09 Å². The Bertz CT molecular complexity index is 681. The molecule has 8 nitrogen and oxygen atoms in total. The smallest absolute Gasteiger partial charge is 0.407 e. The van der Waals surface area contributed by atoms with Gasteiger partial charge in [0, 0.05) is 38.4 Å². The highest BCUT2D eigenvalue weighted by molar-refractivity contribution is 6.29. The first-order valence-corrected chi connectivity index (χ1v) is 6.84. The molecule has 2 aromatic heterocycles. The van der Waals surface area contributed by atoms with Gasteiger partial charge in [-0.2, -0.15) is 0 Å². The minimum atomic E-state index is -0.913. The topological polar surface area (TPSA) is 94.2 Å². The van der Waals surface area contributed by atoms with E-state index in [0.29, 0.717) is 48.6 Å². The molecule has 0 bridgehead atoms. The number of imidazole rings is 1. The minimum Gasteiger partial charge on any atom is -0.465 e. The van der Waals surface area contributed by atoms with E-state index in [2.05, 4.69) is 9.97 Å². The Morgan fingerprint density at radius 3 is 2.62 bits per heavy atom. The van der Waals surface area contributed by atoms with E-state index in [0.717, 1.165) is 0 Å². The number of halogens is 1. The van der Waals surface area contributed by atoms with E-state index in [1.54, 1.807) is 16.7 Å². The third-order valence-electron chi connectivity index (χ3n) is 3.45. The van der Waals surface area contributed by atoms with Gasteiger partial charge in [-0.15, -0.1) is 0 Å². The summed E-state index contributed by atoms with van der Waals surface area (Å²) in [6.45, 7) is 1.72. The highest BCUT2D eigenvalue weighted by Gasteiger charge is 2.23. The van der Waals surface area contributed by atoms with Crippen LogP contribution in [0.1, 0.15) is 5.69 Å². The molecule has 0 aromatic carbocycles. The first-order valence-electron chi connectivity index (χ1n) is 6.46. The maximum atomic E-state index is 10.9. The number of amides is 1. The number of nitrogens with zero attached hydrogens (tertiary/aromatic N) is 5. The van der Waals surface area contributed by atoms with Gasteiger partial charge in [0.1, 0.15) is 10.8 Å². The highest BCUT2D eigenvalue weighted by Crippen LogP contribution is 2.21. The van der Waals surface area contributed by atoms with Crippen LogP contribution in [0.2, 0.25) is 5.15 Å². The summed E-state index contributed by atoms with van der Waals surface area (Å²) in [5, 5.41) is 18.5. The van der Waals surface area contributed by atoms with E-state index >= 15 is 0 Å².